The van der Waals surface area contributed by atoms with E-state index in [0.717, 1.165) is 25.6 Å². The molecule has 1 aromatic rings. The second-order valence-corrected chi connectivity index (χ2v) is 7.89. The van der Waals surface area contributed by atoms with Crippen molar-refractivity contribution < 1.29 is 13.2 Å². The van der Waals surface area contributed by atoms with Gasteiger partial charge in [0.2, 0.25) is 5.95 Å². The topological polar surface area (TPSA) is 35.5 Å². The van der Waals surface area contributed by atoms with Crippen LogP contribution in [0.25, 0.3) is 0 Å². The maximum Gasteiger partial charge on any atom is 0.433 e. The highest BCUT2D eigenvalue weighted by Gasteiger charge is 2.37. The molecule has 0 N–H and O–H groups in total. The van der Waals surface area contributed by atoms with Crippen molar-refractivity contribution in [3.63, 3.8) is 0 Å². The molecule has 3 heterocycles. The zero-order valence-electron chi connectivity index (χ0n) is 15.3. The Bertz CT molecular complexity index is 618. The minimum Gasteiger partial charge on any atom is -0.354 e. The third kappa shape index (κ3) is 3.83. The third-order valence-electron chi connectivity index (χ3n) is 5.12. The van der Waals surface area contributed by atoms with Gasteiger partial charge in [0.15, 0.2) is 5.69 Å². The number of hydrogen-bond donors (Lipinski definition) is 0. The van der Waals surface area contributed by atoms with E-state index in [2.05, 4.69) is 35.6 Å². The van der Waals surface area contributed by atoms with Crippen LogP contribution in [0.5, 0.6) is 0 Å². The predicted octanol–water partition coefficient (Wildman–Crippen LogP) is 3.01. The van der Waals surface area contributed by atoms with Crippen molar-refractivity contribution in [1.82, 2.24) is 14.9 Å². The summed E-state index contributed by atoms with van der Waals surface area (Å²) in [6.07, 6.45) is -3.51. The van der Waals surface area contributed by atoms with Crippen molar-refractivity contribution >= 4 is 11.8 Å². The minimum atomic E-state index is -4.46. The molecule has 1 aromatic heterocycles. The zero-order valence-corrected chi connectivity index (χ0v) is 15.3. The molecule has 140 valence electrons. The van der Waals surface area contributed by atoms with Crippen LogP contribution in [0.3, 0.4) is 0 Å². The van der Waals surface area contributed by atoms with Crippen molar-refractivity contribution in [1.29, 1.82) is 0 Å². The lowest BCUT2D eigenvalue weighted by atomic mass is 10.0. The highest BCUT2D eigenvalue weighted by Crippen LogP contribution is 2.33. The normalized spacial score (nSPS) is 22.9. The van der Waals surface area contributed by atoms with Crippen LogP contribution in [-0.2, 0) is 6.18 Å². The molecule has 0 aliphatic carbocycles. The average Bonchev–Trinajstić information content (AvgIpc) is 2.51. The highest BCUT2D eigenvalue weighted by molar-refractivity contribution is 5.48. The van der Waals surface area contributed by atoms with Gasteiger partial charge >= 0.3 is 6.18 Å². The standard InChI is InChI=1S/C17H26F3N5/c1-12-5-6-25(12)15-21-13(17(18,19)20)11-14(22-15)23-7-9-24(10-8-23)16(2,3)4/h11-12H,5-10H2,1-4H3/t12-/m0/s1. The SMILES string of the molecule is C[C@H]1CCN1c1nc(N2CCN(C(C)(C)C)CC2)cc(C(F)(F)F)n1. The fourth-order valence-electron chi connectivity index (χ4n) is 3.28. The van der Waals surface area contributed by atoms with Crippen LogP contribution in [0.15, 0.2) is 6.07 Å². The summed E-state index contributed by atoms with van der Waals surface area (Å²) < 4.78 is 39.8. The van der Waals surface area contributed by atoms with Crippen LogP contribution in [0.1, 0.15) is 39.8 Å². The Labute approximate surface area is 146 Å². The fourth-order valence-corrected chi connectivity index (χ4v) is 3.28. The number of aromatic nitrogens is 2. The number of alkyl halides is 3. The number of halogens is 3. The summed E-state index contributed by atoms with van der Waals surface area (Å²) in [7, 11) is 0. The van der Waals surface area contributed by atoms with Gasteiger partial charge in [-0.2, -0.15) is 18.2 Å². The van der Waals surface area contributed by atoms with Gasteiger partial charge in [-0.05, 0) is 34.1 Å². The lowest BCUT2D eigenvalue weighted by molar-refractivity contribution is -0.141. The maximum atomic E-state index is 13.3. The molecule has 0 bridgehead atoms. The molecular weight excluding hydrogens is 331 g/mol. The second-order valence-electron chi connectivity index (χ2n) is 7.89. The van der Waals surface area contributed by atoms with E-state index >= 15 is 0 Å². The van der Waals surface area contributed by atoms with Crippen molar-refractivity contribution in [2.45, 2.75) is 51.9 Å². The van der Waals surface area contributed by atoms with Gasteiger partial charge in [-0.15, -0.1) is 0 Å². The Morgan fingerprint density at radius 2 is 1.64 bits per heavy atom. The molecule has 3 rings (SSSR count). The lowest BCUT2D eigenvalue weighted by Crippen LogP contribution is -2.53. The van der Waals surface area contributed by atoms with Crippen molar-refractivity contribution in [3.8, 4) is 0 Å². The van der Waals surface area contributed by atoms with Crippen molar-refractivity contribution in [3.05, 3.63) is 11.8 Å². The molecule has 0 unspecified atom stereocenters. The first-order valence-corrected chi connectivity index (χ1v) is 8.78. The van der Waals surface area contributed by atoms with Crippen LogP contribution >= 0.6 is 0 Å². The Morgan fingerprint density at radius 3 is 2.08 bits per heavy atom. The molecule has 0 aromatic carbocycles. The van der Waals surface area contributed by atoms with Crippen LogP contribution in [0, 0.1) is 0 Å². The van der Waals surface area contributed by atoms with Gasteiger partial charge in [-0.3, -0.25) is 4.90 Å². The maximum absolute atomic E-state index is 13.3. The number of hydrogen-bond acceptors (Lipinski definition) is 5. The van der Waals surface area contributed by atoms with Crippen LogP contribution in [-0.4, -0.2) is 59.2 Å². The summed E-state index contributed by atoms with van der Waals surface area (Å²) in [5.41, 5.74) is -0.794. The van der Waals surface area contributed by atoms with Crippen LogP contribution in [0.4, 0.5) is 24.9 Å². The van der Waals surface area contributed by atoms with E-state index in [9.17, 15) is 13.2 Å². The van der Waals surface area contributed by atoms with Gasteiger partial charge < -0.3 is 9.80 Å². The van der Waals surface area contributed by atoms with Gasteiger partial charge in [-0.1, -0.05) is 0 Å². The minimum absolute atomic E-state index is 0.0626. The Hall–Kier alpha value is -1.57. The number of rotatable bonds is 2. The third-order valence-corrected chi connectivity index (χ3v) is 5.12. The average molecular weight is 357 g/mol. The summed E-state index contributed by atoms with van der Waals surface area (Å²) in [6.45, 7) is 12.1. The first kappa shape index (κ1) is 18.2. The van der Waals surface area contributed by atoms with E-state index in [-0.39, 0.29) is 17.5 Å². The molecule has 2 fully saturated rings. The second kappa shape index (κ2) is 6.30. The first-order valence-electron chi connectivity index (χ1n) is 8.78. The number of nitrogens with zero attached hydrogens (tertiary/aromatic N) is 5. The van der Waals surface area contributed by atoms with E-state index < -0.39 is 11.9 Å². The van der Waals surface area contributed by atoms with E-state index in [4.69, 9.17) is 0 Å². The molecule has 2 saturated heterocycles. The van der Waals surface area contributed by atoms with E-state index in [0.29, 0.717) is 25.5 Å². The van der Waals surface area contributed by atoms with Crippen molar-refractivity contribution in [2.75, 3.05) is 42.5 Å². The van der Waals surface area contributed by atoms with Gasteiger partial charge in [0.1, 0.15) is 5.82 Å². The highest BCUT2D eigenvalue weighted by atomic mass is 19.4. The molecule has 2 aliphatic heterocycles. The van der Waals surface area contributed by atoms with Gasteiger partial charge in [0, 0.05) is 50.4 Å². The molecule has 0 saturated carbocycles. The predicted molar refractivity (Wildman–Crippen MR) is 92.0 cm³/mol. The van der Waals surface area contributed by atoms with E-state index in [1.54, 1.807) is 0 Å². The number of piperazine rings is 1. The van der Waals surface area contributed by atoms with Gasteiger partial charge in [0.25, 0.3) is 0 Å². The Morgan fingerprint density at radius 1 is 1.00 bits per heavy atom. The Balaban J connectivity index is 1.84. The largest absolute Gasteiger partial charge is 0.433 e. The molecule has 25 heavy (non-hydrogen) atoms. The van der Waals surface area contributed by atoms with Gasteiger partial charge in [0.05, 0.1) is 0 Å². The molecule has 2 aliphatic rings. The summed E-state index contributed by atoms with van der Waals surface area (Å²) in [5, 5.41) is 0. The van der Waals surface area contributed by atoms with E-state index in [1.165, 1.54) is 0 Å². The summed E-state index contributed by atoms with van der Waals surface area (Å²) in [4.78, 5) is 14.3. The quantitative estimate of drug-likeness (QED) is 0.813. The molecule has 0 amide bonds. The molecule has 0 spiro atoms. The molecule has 5 nitrogen and oxygen atoms in total. The van der Waals surface area contributed by atoms with Gasteiger partial charge in [-0.25, -0.2) is 4.98 Å². The van der Waals surface area contributed by atoms with Crippen molar-refractivity contribution in [2.24, 2.45) is 0 Å². The van der Waals surface area contributed by atoms with Crippen LogP contribution in [0.2, 0.25) is 0 Å². The Kier molecular flexibility index (Phi) is 4.59. The number of anilines is 2. The molecule has 0 radical (unpaired) electrons. The van der Waals surface area contributed by atoms with E-state index in [1.807, 2.05) is 16.7 Å². The lowest BCUT2D eigenvalue weighted by Gasteiger charge is -2.43. The summed E-state index contributed by atoms with van der Waals surface area (Å²) in [6, 6.07) is 1.27. The zero-order chi connectivity index (χ0) is 18.4. The fraction of sp³-hybridized carbons (Fsp3) is 0.765. The van der Waals surface area contributed by atoms with Crippen LogP contribution < -0.4 is 9.80 Å². The molecular formula is C17H26F3N5. The monoisotopic (exact) mass is 357 g/mol. The molecule has 8 heteroatoms. The smallest absolute Gasteiger partial charge is 0.354 e. The first-order chi connectivity index (χ1) is 11.6. The summed E-state index contributed by atoms with van der Waals surface area (Å²) in [5.74, 6) is 0.576. The molecule has 1 atom stereocenters. The summed E-state index contributed by atoms with van der Waals surface area (Å²) >= 11 is 0.